The number of nitrogens with zero attached hydrogens (tertiary/aromatic N) is 1. The number of ether oxygens (including phenoxy) is 6. The minimum atomic E-state index is -2.67. The van der Waals surface area contributed by atoms with Crippen molar-refractivity contribution in [3.63, 3.8) is 0 Å². The molecular formula is C57H84FN3O16. The van der Waals surface area contributed by atoms with Gasteiger partial charge in [-0.1, -0.05) is 70.2 Å². The summed E-state index contributed by atoms with van der Waals surface area (Å²) < 4.78 is 51.9. The molecule has 19 nitrogen and oxygen atoms in total. The molecule has 1 aliphatic carbocycles. The highest BCUT2D eigenvalue weighted by molar-refractivity contribution is 6.39. The first kappa shape index (κ1) is 62.7. The van der Waals surface area contributed by atoms with Crippen LogP contribution >= 0.6 is 0 Å². The van der Waals surface area contributed by atoms with Crippen molar-refractivity contribution in [1.82, 2.24) is 15.5 Å². The van der Waals surface area contributed by atoms with E-state index in [1.165, 1.54) is 35.2 Å². The molecule has 20 heteroatoms. The number of aliphatic hydroxyl groups excluding tert-OH is 1. The van der Waals surface area contributed by atoms with Gasteiger partial charge in [0.05, 0.1) is 30.5 Å². The molecule has 4 aliphatic rings. The van der Waals surface area contributed by atoms with Crippen molar-refractivity contribution >= 4 is 41.4 Å². The molecule has 2 bridgehead atoms. The highest BCUT2D eigenvalue weighted by Crippen LogP contribution is 2.40. The molecule has 5 rings (SSSR count). The number of cyclic esters (lactones) is 1. The number of halogens is 1. The topological polar surface area (TPSA) is 263 Å². The summed E-state index contributed by atoms with van der Waals surface area (Å²) in [4.78, 5) is 97.2. The van der Waals surface area contributed by atoms with Crippen molar-refractivity contribution in [1.29, 1.82) is 0 Å². The minimum Gasteiger partial charge on any atom is -0.480 e. The summed E-state index contributed by atoms with van der Waals surface area (Å²) in [6.45, 7) is 12.7. The number of carboxylic acids is 1. The van der Waals surface area contributed by atoms with Crippen LogP contribution in [0.2, 0.25) is 0 Å². The summed E-state index contributed by atoms with van der Waals surface area (Å²) >= 11 is 0. The van der Waals surface area contributed by atoms with E-state index in [0.717, 1.165) is 4.90 Å². The molecule has 430 valence electrons. The van der Waals surface area contributed by atoms with Crippen LogP contribution in [0.4, 0.5) is 9.18 Å². The molecule has 3 fully saturated rings. The van der Waals surface area contributed by atoms with E-state index in [1.54, 1.807) is 78.0 Å². The molecular weight excluding hydrogens is 1000 g/mol. The predicted octanol–water partition coefficient (Wildman–Crippen LogP) is 5.75. The highest BCUT2D eigenvalue weighted by atomic mass is 19.1. The molecule has 77 heavy (non-hydrogen) atoms. The molecule has 16 atom stereocenters. The Morgan fingerprint density at radius 1 is 0.948 bits per heavy atom. The number of alkyl halides is 1. The standard InChI is InChI=1S/C57H84FN3O16/c1-12-38-25-31(2)47(58)32(3)26-45(73-10)49-46(74-11)27-34(5)57(71,76-49)50(64)51(65)61-23-17-16-20-41(61)53(68)75-48(35(6)42(62)30-43(38)63)33(4)24-37-21-22-39(44(29-37)72-9)59-54(69)56(7,8)77-55(70)60-40(52(66)67)28-36-18-14-13-15-19-36/h13-15,18-19,24-25,32,34-35,37-42,44-49,62,71H,12,16-17,20-23,26-30H2,1-11H3,(H,59,69)(H,60,70)(H,66,67)/t32?,34?,35?,37?,38?,39?,40-,41?,42?,44?,45?,46?,47?,48?,49?,57?/m1/s1. The van der Waals surface area contributed by atoms with Gasteiger partial charge in [0.15, 0.2) is 5.60 Å². The summed E-state index contributed by atoms with van der Waals surface area (Å²) in [5.74, 6) is -11.8. The number of aliphatic hydroxyl groups is 2. The average molecular weight is 1090 g/mol. The number of piperidine rings is 1. The Balaban J connectivity index is 1.40. The van der Waals surface area contributed by atoms with Gasteiger partial charge in [-0.05, 0) is 114 Å². The Kier molecular flexibility index (Phi) is 22.5. The van der Waals surface area contributed by atoms with E-state index in [2.05, 4.69) is 10.6 Å². The van der Waals surface area contributed by atoms with E-state index < -0.39 is 132 Å². The maximum Gasteiger partial charge on any atom is 0.408 e. The van der Waals surface area contributed by atoms with Crippen LogP contribution in [-0.2, 0) is 63.6 Å². The number of alkyl carbamates (subject to hydrolysis) is 1. The maximum absolute atomic E-state index is 16.4. The molecule has 0 radical (unpaired) electrons. The lowest BCUT2D eigenvalue weighted by molar-refractivity contribution is -0.302. The second-order valence-electron chi connectivity index (χ2n) is 22.3. The van der Waals surface area contributed by atoms with Gasteiger partial charge in [-0.25, -0.2) is 18.8 Å². The molecule has 3 heterocycles. The normalized spacial score (nSPS) is 34.1. The summed E-state index contributed by atoms with van der Waals surface area (Å²) in [5.41, 5.74) is -0.254. The van der Waals surface area contributed by atoms with E-state index in [9.17, 15) is 48.9 Å². The SMILES string of the molecule is CCC1C=C(C)C(F)C(C)CC(OC)C2OC(O)(C(=O)C(=O)N3CCCCC3C(=O)OC(C(C)=CC3CCC(NC(=O)C(C)(C)OC(=O)N[C@H](Cc4ccccc4)C(=O)O)C(OC)C3)C(C)C(O)CC1=O)C(C)CC2OC. The quantitative estimate of drug-likeness (QED) is 0.0895. The van der Waals surface area contributed by atoms with Crippen molar-refractivity contribution in [2.24, 2.45) is 29.6 Å². The number of fused-ring (bicyclic) bond motifs is 3. The zero-order valence-corrected chi connectivity index (χ0v) is 46.7. The molecule has 1 saturated carbocycles. The highest BCUT2D eigenvalue weighted by Gasteiger charge is 2.57. The number of ketones is 2. The van der Waals surface area contributed by atoms with Gasteiger partial charge in [-0.3, -0.25) is 19.2 Å². The molecule has 0 spiro atoms. The lowest BCUT2D eigenvalue weighted by Crippen LogP contribution is -2.64. The third kappa shape index (κ3) is 15.6. The number of allylic oxidation sites excluding steroid dienone is 3. The van der Waals surface area contributed by atoms with Crippen LogP contribution in [0.1, 0.15) is 125 Å². The van der Waals surface area contributed by atoms with Gasteiger partial charge in [0, 0.05) is 58.5 Å². The Bertz CT molecular complexity index is 2290. The maximum atomic E-state index is 16.4. The van der Waals surface area contributed by atoms with E-state index in [1.807, 2.05) is 6.08 Å². The first-order chi connectivity index (χ1) is 36.3. The van der Waals surface area contributed by atoms with Crippen LogP contribution in [0.5, 0.6) is 0 Å². The summed E-state index contributed by atoms with van der Waals surface area (Å²) in [6, 6.07) is 5.60. The van der Waals surface area contributed by atoms with Crippen LogP contribution in [-0.4, -0.2) is 162 Å². The second-order valence-corrected chi connectivity index (χ2v) is 22.3. The fourth-order valence-electron chi connectivity index (χ4n) is 11.3. The summed E-state index contributed by atoms with van der Waals surface area (Å²) in [5, 5.41) is 39.1. The number of Topliss-reactive ketones (excluding diaryl/α,β-unsaturated/α-hetero) is 2. The van der Waals surface area contributed by atoms with Gasteiger partial charge >= 0.3 is 18.0 Å². The minimum absolute atomic E-state index is 0.0103. The molecule has 1 aromatic carbocycles. The van der Waals surface area contributed by atoms with Crippen molar-refractivity contribution in [2.75, 3.05) is 27.9 Å². The van der Waals surface area contributed by atoms with Crippen LogP contribution in [0.15, 0.2) is 53.6 Å². The Morgan fingerprint density at radius 3 is 2.22 bits per heavy atom. The first-order valence-electron chi connectivity index (χ1n) is 27.1. The van der Waals surface area contributed by atoms with E-state index in [-0.39, 0.29) is 55.9 Å². The monoisotopic (exact) mass is 1090 g/mol. The number of carbonyl (C=O) groups excluding carboxylic acids is 6. The van der Waals surface area contributed by atoms with Gasteiger partial charge in [0.1, 0.15) is 36.2 Å². The fourth-order valence-corrected chi connectivity index (χ4v) is 11.3. The largest absolute Gasteiger partial charge is 0.480 e. The number of rotatable bonds is 13. The third-order valence-electron chi connectivity index (χ3n) is 16.2. The number of hydrogen-bond acceptors (Lipinski definition) is 15. The van der Waals surface area contributed by atoms with Crippen molar-refractivity contribution < 1.29 is 81.7 Å². The zero-order chi connectivity index (χ0) is 57.1. The number of methoxy groups -OCH3 is 3. The second kappa shape index (κ2) is 27.7. The number of carbonyl (C=O) groups is 7. The predicted molar refractivity (Wildman–Crippen MR) is 280 cm³/mol. The zero-order valence-electron chi connectivity index (χ0n) is 46.7. The molecule has 2 saturated heterocycles. The van der Waals surface area contributed by atoms with Crippen LogP contribution in [0, 0.1) is 29.6 Å². The molecule has 5 N–H and O–H groups in total. The Morgan fingerprint density at radius 2 is 1.60 bits per heavy atom. The molecule has 15 unspecified atom stereocenters. The van der Waals surface area contributed by atoms with Gasteiger partial charge < -0.3 is 59.3 Å². The van der Waals surface area contributed by atoms with Gasteiger partial charge in [0.25, 0.3) is 17.6 Å². The number of benzene rings is 1. The number of aliphatic carboxylic acids is 1. The van der Waals surface area contributed by atoms with Crippen molar-refractivity contribution in [3.8, 4) is 0 Å². The molecule has 3 amide bonds. The number of nitrogens with one attached hydrogen (secondary N) is 2. The Hall–Kier alpha value is -5.12. The smallest absolute Gasteiger partial charge is 0.408 e. The molecule has 0 aromatic heterocycles. The number of esters is 1. The fraction of sp³-hybridized carbons (Fsp3) is 0.702. The van der Waals surface area contributed by atoms with Crippen LogP contribution in [0.3, 0.4) is 0 Å². The van der Waals surface area contributed by atoms with Crippen molar-refractivity contribution in [3.05, 3.63) is 59.2 Å². The van der Waals surface area contributed by atoms with E-state index in [4.69, 9.17) is 28.4 Å². The summed E-state index contributed by atoms with van der Waals surface area (Å²) in [6.07, 6.45) is -2.63. The number of carboxylic acid groups (broad SMARTS) is 1. The van der Waals surface area contributed by atoms with E-state index >= 15 is 4.39 Å². The van der Waals surface area contributed by atoms with Crippen LogP contribution < -0.4 is 10.6 Å². The molecule has 3 aliphatic heterocycles. The number of hydrogen-bond donors (Lipinski definition) is 5. The lowest BCUT2D eigenvalue weighted by atomic mass is 9.80. The summed E-state index contributed by atoms with van der Waals surface area (Å²) in [7, 11) is 4.33. The van der Waals surface area contributed by atoms with E-state index in [0.29, 0.717) is 49.7 Å². The van der Waals surface area contributed by atoms with Gasteiger partial charge in [0.2, 0.25) is 5.79 Å². The van der Waals surface area contributed by atoms with Crippen molar-refractivity contribution in [2.45, 2.75) is 198 Å². The van der Waals surface area contributed by atoms with Gasteiger partial charge in [-0.2, -0.15) is 0 Å². The first-order valence-corrected chi connectivity index (χ1v) is 27.1. The van der Waals surface area contributed by atoms with Gasteiger partial charge in [-0.15, -0.1) is 0 Å². The Labute approximate surface area is 452 Å². The number of amides is 3. The molecule has 1 aromatic rings. The lowest BCUT2D eigenvalue weighted by Gasteiger charge is -2.47. The third-order valence-corrected chi connectivity index (χ3v) is 16.2. The van der Waals surface area contributed by atoms with Crippen LogP contribution in [0.25, 0.3) is 0 Å². The average Bonchev–Trinajstić information content (AvgIpc) is 3.40.